The highest BCUT2D eigenvalue weighted by atomic mass is 19.1. The SMILES string of the molecule is Cc1cccc(C)c1NC(=O)CNC(=O)C(C)OC(=O)CCc1nc(-c2ccc(F)cc2)no1. The molecule has 3 aromatic rings. The van der Waals surface area contributed by atoms with Crippen molar-refractivity contribution in [2.75, 3.05) is 11.9 Å². The lowest BCUT2D eigenvalue weighted by Crippen LogP contribution is -2.40. The lowest BCUT2D eigenvalue weighted by Gasteiger charge is -2.14. The molecule has 2 aromatic carbocycles. The molecule has 2 amide bonds. The van der Waals surface area contributed by atoms with Crippen molar-refractivity contribution in [2.24, 2.45) is 0 Å². The molecule has 0 aliphatic rings. The highest BCUT2D eigenvalue weighted by Crippen LogP contribution is 2.19. The number of hydrogen-bond acceptors (Lipinski definition) is 7. The summed E-state index contributed by atoms with van der Waals surface area (Å²) in [7, 11) is 0. The van der Waals surface area contributed by atoms with Gasteiger partial charge in [-0.1, -0.05) is 23.4 Å². The quantitative estimate of drug-likeness (QED) is 0.463. The van der Waals surface area contributed by atoms with Crippen LogP contribution in [0, 0.1) is 19.7 Å². The van der Waals surface area contributed by atoms with Gasteiger partial charge in [0.1, 0.15) is 5.82 Å². The molecule has 1 heterocycles. The summed E-state index contributed by atoms with van der Waals surface area (Å²) in [4.78, 5) is 40.6. The van der Waals surface area contributed by atoms with Gasteiger partial charge in [-0.25, -0.2) is 4.39 Å². The lowest BCUT2D eigenvalue weighted by molar-refractivity contribution is -0.154. The minimum atomic E-state index is -1.09. The third-order valence-electron chi connectivity index (χ3n) is 4.96. The van der Waals surface area contributed by atoms with Crippen molar-refractivity contribution < 1.29 is 28.0 Å². The van der Waals surface area contributed by atoms with Gasteiger partial charge in [0, 0.05) is 17.7 Å². The van der Waals surface area contributed by atoms with Gasteiger partial charge in [0.25, 0.3) is 5.91 Å². The smallest absolute Gasteiger partial charge is 0.307 e. The molecule has 10 heteroatoms. The number of nitrogens with one attached hydrogen (secondary N) is 2. The molecule has 2 N–H and O–H groups in total. The fourth-order valence-corrected chi connectivity index (χ4v) is 3.10. The first kappa shape index (κ1) is 24.6. The number of nitrogens with zero attached hydrogens (tertiary/aromatic N) is 2. The van der Waals surface area contributed by atoms with E-state index in [1.807, 2.05) is 32.0 Å². The minimum Gasteiger partial charge on any atom is -0.453 e. The van der Waals surface area contributed by atoms with Gasteiger partial charge in [0.2, 0.25) is 17.6 Å². The van der Waals surface area contributed by atoms with Crippen LogP contribution >= 0.6 is 0 Å². The number of benzene rings is 2. The maximum atomic E-state index is 13.0. The van der Waals surface area contributed by atoms with E-state index in [4.69, 9.17) is 9.26 Å². The Morgan fingerprint density at radius 3 is 2.44 bits per heavy atom. The number of aromatic nitrogens is 2. The number of hydrogen-bond donors (Lipinski definition) is 2. The largest absolute Gasteiger partial charge is 0.453 e. The van der Waals surface area contributed by atoms with Crippen LogP contribution < -0.4 is 10.6 Å². The van der Waals surface area contributed by atoms with Gasteiger partial charge < -0.3 is 19.9 Å². The Morgan fingerprint density at radius 1 is 1.09 bits per heavy atom. The zero-order valence-electron chi connectivity index (χ0n) is 19.1. The lowest BCUT2D eigenvalue weighted by atomic mass is 10.1. The summed E-state index contributed by atoms with van der Waals surface area (Å²) in [5.41, 5.74) is 3.09. The van der Waals surface area contributed by atoms with E-state index in [-0.39, 0.29) is 36.9 Å². The normalized spacial score (nSPS) is 11.5. The first-order valence-corrected chi connectivity index (χ1v) is 10.6. The molecule has 9 nitrogen and oxygen atoms in total. The number of aryl methyl sites for hydroxylation is 3. The van der Waals surface area contributed by atoms with Crippen LogP contribution in [0.3, 0.4) is 0 Å². The average Bonchev–Trinajstić information content (AvgIpc) is 3.28. The molecule has 0 bridgehead atoms. The number of ether oxygens (including phenoxy) is 1. The summed E-state index contributed by atoms with van der Waals surface area (Å²) in [5, 5.41) is 9.02. The molecule has 3 rings (SSSR count). The molecule has 0 saturated heterocycles. The van der Waals surface area contributed by atoms with E-state index in [9.17, 15) is 18.8 Å². The number of para-hydroxylation sites is 1. The monoisotopic (exact) mass is 468 g/mol. The van der Waals surface area contributed by atoms with Gasteiger partial charge in [-0.2, -0.15) is 4.98 Å². The van der Waals surface area contributed by atoms with Gasteiger partial charge in [-0.3, -0.25) is 14.4 Å². The van der Waals surface area contributed by atoms with Crippen molar-refractivity contribution in [1.82, 2.24) is 15.5 Å². The highest BCUT2D eigenvalue weighted by Gasteiger charge is 2.19. The van der Waals surface area contributed by atoms with Gasteiger partial charge >= 0.3 is 5.97 Å². The Hall–Kier alpha value is -4.08. The Bertz CT molecular complexity index is 1160. The molecule has 34 heavy (non-hydrogen) atoms. The highest BCUT2D eigenvalue weighted by molar-refractivity contribution is 5.96. The van der Waals surface area contributed by atoms with Crippen molar-refractivity contribution >= 4 is 23.5 Å². The number of carbonyl (C=O) groups is 3. The molecule has 1 atom stereocenters. The fraction of sp³-hybridized carbons (Fsp3) is 0.292. The Morgan fingerprint density at radius 2 is 1.76 bits per heavy atom. The minimum absolute atomic E-state index is 0.0876. The van der Waals surface area contributed by atoms with E-state index < -0.39 is 23.9 Å². The second kappa shape index (κ2) is 11.2. The maximum absolute atomic E-state index is 13.0. The number of anilines is 1. The molecule has 0 radical (unpaired) electrons. The van der Waals surface area contributed by atoms with E-state index >= 15 is 0 Å². The second-order valence-corrected chi connectivity index (χ2v) is 7.68. The molecular formula is C24H25FN4O5. The predicted octanol–water partition coefficient (Wildman–Crippen LogP) is 3.11. The maximum Gasteiger partial charge on any atom is 0.307 e. The number of carbonyl (C=O) groups excluding carboxylic acids is 3. The molecular weight excluding hydrogens is 443 g/mol. The van der Waals surface area contributed by atoms with Crippen LogP contribution in [0.5, 0.6) is 0 Å². The Labute approximate surface area is 195 Å². The standard InChI is InChI=1S/C24H25FN4O5/c1-14-5-4-6-15(2)22(14)27-19(30)13-26-24(32)16(3)33-21(31)12-11-20-28-23(29-34-20)17-7-9-18(25)10-8-17/h4-10,16H,11-13H2,1-3H3,(H,26,32)(H,27,30). The second-order valence-electron chi connectivity index (χ2n) is 7.68. The molecule has 1 unspecified atom stereocenters. The summed E-state index contributed by atoms with van der Waals surface area (Å²) >= 11 is 0. The molecule has 178 valence electrons. The molecule has 0 saturated carbocycles. The van der Waals surface area contributed by atoms with Crippen molar-refractivity contribution in [2.45, 2.75) is 39.7 Å². The number of halogens is 1. The van der Waals surface area contributed by atoms with Crippen LogP contribution in [0.25, 0.3) is 11.4 Å². The summed E-state index contributed by atoms with van der Waals surface area (Å²) in [6, 6.07) is 11.2. The summed E-state index contributed by atoms with van der Waals surface area (Å²) in [5.74, 6) is -1.52. The van der Waals surface area contributed by atoms with Crippen molar-refractivity contribution in [3.63, 3.8) is 0 Å². The Balaban J connectivity index is 1.41. The van der Waals surface area contributed by atoms with Gasteiger partial charge in [-0.15, -0.1) is 0 Å². The van der Waals surface area contributed by atoms with E-state index in [2.05, 4.69) is 20.8 Å². The van der Waals surface area contributed by atoms with E-state index in [0.29, 0.717) is 11.3 Å². The zero-order chi connectivity index (χ0) is 24.7. The fourth-order valence-electron chi connectivity index (χ4n) is 3.10. The molecule has 0 spiro atoms. The number of amides is 2. The first-order chi connectivity index (χ1) is 16.2. The average molecular weight is 468 g/mol. The van der Waals surface area contributed by atoms with Crippen molar-refractivity contribution in [1.29, 1.82) is 0 Å². The van der Waals surface area contributed by atoms with E-state index in [0.717, 1.165) is 11.1 Å². The van der Waals surface area contributed by atoms with Crippen LogP contribution in [0.1, 0.15) is 30.4 Å². The third kappa shape index (κ3) is 6.71. The van der Waals surface area contributed by atoms with Crippen LogP contribution in [0.15, 0.2) is 47.0 Å². The number of esters is 1. The molecule has 0 fully saturated rings. The van der Waals surface area contributed by atoms with Crippen LogP contribution in [0.2, 0.25) is 0 Å². The predicted molar refractivity (Wildman–Crippen MR) is 121 cm³/mol. The van der Waals surface area contributed by atoms with Crippen LogP contribution in [-0.4, -0.2) is 40.6 Å². The first-order valence-electron chi connectivity index (χ1n) is 10.6. The van der Waals surface area contributed by atoms with Gasteiger partial charge in [-0.05, 0) is 56.2 Å². The third-order valence-corrected chi connectivity index (χ3v) is 4.96. The number of rotatable bonds is 9. The van der Waals surface area contributed by atoms with Crippen LogP contribution in [-0.2, 0) is 25.5 Å². The van der Waals surface area contributed by atoms with Gasteiger partial charge in [0.05, 0.1) is 13.0 Å². The van der Waals surface area contributed by atoms with Crippen molar-refractivity contribution in [3.8, 4) is 11.4 Å². The molecule has 0 aliphatic carbocycles. The van der Waals surface area contributed by atoms with Gasteiger partial charge in [0.15, 0.2) is 6.10 Å². The summed E-state index contributed by atoms with van der Waals surface area (Å²) in [6.07, 6.45) is -1.06. The van der Waals surface area contributed by atoms with E-state index in [1.54, 1.807) is 0 Å². The molecule has 0 aliphatic heterocycles. The Kier molecular flexibility index (Phi) is 8.07. The summed E-state index contributed by atoms with van der Waals surface area (Å²) < 4.78 is 23.2. The zero-order valence-corrected chi connectivity index (χ0v) is 19.1. The molecule has 1 aromatic heterocycles. The summed E-state index contributed by atoms with van der Waals surface area (Å²) in [6.45, 7) is 4.90. The van der Waals surface area contributed by atoms with Crippen LogP contribution in [0.4, 0.5) is 10.1 Å². The van der Waals surface area contributed by atoms with E-state index in [1.165, 1.54) is 31.2 Å². The van der Waals surface area contributed by atoms with Crippen molar-refractivity contribution in [3.05, 3.63) is 65.3 Å². The topological polar surface area (TPSA) is 123 Å².